The first-order valence-corrected chi connectivity index (χ1v) is 9.16. The fourth-order valence-electron chi connectivity index (χ4n) is 3.40. The van der Waals surface area contributed by atoms with E-state index in [1.165, 1.54) is 0 Å². The van der Waals surface area contributed by atoms with Crippen molar-refractivity contribution < 1.29 is 88.5 Å². The van der Waals surface area contributed by atoms with Crippen LogP contribution in [0.1, 0.15) is 57.8 Å². The molecule has 0 aromatic carbocycles. The largest absolute Gasteiger partial charge is 1.00 e. The molecule has 2 rings (SSSR count). The molecule has 0 N–H and O–H groups in total. The molecule has 0 aromatic rings. The molecule has 2 heterocycles. The molecule has 2 amide bonds. The summed E-state index contributed by atoms with van der Waals surface area (Å²) in [6.45, 7) is 0. The Morgan fingerprint density at radius 1 is 0.857 bits per heavy atom. The Balaban J connectivity index is 0.00000364. The van der Waals surface area contributed by atoms with Gasteiger partial charge in [-0.25, -0.2) is 0 Å². The first-order valence-electron chi connectivity index (χ1n) is 8.35. The van der Waals surface area contributed by atoms with Crippen LogP contribution >= 0.6 is 24.4 Å². The number of aliphatic carboxylic acids is 2. The number of unbranched alkanes of at least 4 members (excludes halogenated alkanes) is 2. The van der Waals surface area contributed by atoms with Crippen LogP contribution in [0.5, 0.6) is 0 Å². The van der Waals surface area contributed by atoms with Crippen molar-refractivity contribution in [2.24, 2.45) is 0 Å². The summed E-state index contributed by atoms with van der Waals surface area (Å²) in [7, 11) is 0. The minimum absolute atomic E-state index is 0. The predicted molar refractivity (Wildman–Crippen MR) is 93.2 cm³/mol. The molecule has 0 saturated carbocycles. The molecule has 0 aromatic heterocycles. The summed E-state index contributed by atoms with van der Waals surface area (Å²) in [6, 6.07) is 0. The molecule has 8 nitrogen and oxygen atoms in total. The number of hydrogen-bond donors (Lipinski definition) is 0. The molecule has 0 spiro atoms. The van der Waals surface area contributed by atoms with E-state index >= 15 is 0 Å². The first-order chi connectivity index (χ1) is 12.2. The van der Waals surface area contributed by atoms with Crippen molar-refractivity contribution in [1.29, 1.82) is 0 Å². The molecule has 0 atom stereocenters. The topological polar surface area (TPSA) is 121 Å². The van der Waals surface area contributed by atoms with Gasteiger partial charge in [0, 0.05) is 31.7 Å². The minimum Gasteiger partial charge on any atom is -0.550 e. The number of nitrogens with zero attached hydrogens (tertiary/aromatic N) is 2. The quantitative estimate of drug-likeness (QED) is 0.195. The van der Waals surface area contributed by atoms with Gasteiger partial charge >= 0.3 is 59.1 Å². The van der Waals surface area contributed by atoms with Crippen molar-refractivity contribution in [1.82, 2.24) is 9.80 Å². The summed E-state index contributed by atoms with van der Waals surface area (Å²) in [5.41, 5.74) is -2.09. The minimum atomic E-state index is -2.09. The molecule has 12 heteroatoms. The van der Waals surface area contributed by atoms with E-state index in [1.807, 2.05) is 0 Å². The van der Waals surface area contributed by atoms with Gasteiger partial charge in [0.05, 0.1) is 15.9 Å². The van der Waals surface area contributed by atoms with Gasteiger partial charge in [-0.15, -0.1) is 0 Å². The zero-order valence-corrected chi connectivity index (χ0v) is 21.7. The Morgan fingerprint density at radius 2 is 1.32 bits per heavy atom. The third-order valence-electron chi connectivity index (χ3n) is 4.58. The first kappa shape index (κ1) is 28.1. The Bertz CT molecular complexity index is 620. The standard InChI is InChI=1S/C16H20N2O6S2.2Na/c19-10-5-7-12(25)17(10)16(15(23)24,9-3-1-2-4-14(21)22)18-11(20)6-8-13(18)26;;/h1-9H2,(H,21,22)(H,23,24);;/q;2*+1/p-2. The van der Waals surface area contributed by atoms with Crippen LogP contribution < -0.4 is 69.3 Å². The van der Waals surface area contributed by atoms with Gasteiger partial charge in [0.25, 0.3) is 0 Å². The third-order valence-corrected chi connectivity index (χ3v) is 5.35. The van der Waals surface area contributed by atoms with Crippen LogP contribution in [-0.4, -0.2) is 49.2 Å². The molecular formula is C16H18N2Na2O6S2. The predicted octanol–water partition coefficient (Wildman–Crippen LogP) is -6.96. The Hall–Kier alpha value is 0.0600. The number of carboxylic acid groups (broad SMARTS) is 2. The van der Waals surface area contributed by atoms with Crippen molar-refractivity contribution in [2.45, 2.75) is 63.5 Å². The molecule has 2 saturated heterocycles. The number of carbonyl (C=O) groups excluding carboxylic acids is 4. The Labute approximate surface area is 218 Å². The van der Waals surface area contributed by atoms with Crippen LogP contribution in [0.2, 0.25) is 0 Å². The average Bonchev–Trinajstić information content (AvgIpc) is 3.06. The van der Waals surface area contributed by atoms with Crippen LogP contribution in [-0.2, 0) is 19.2 Å². The number of thiocarbonyl (C=S) groups is 2. The molecule has 0 bridgehead atoms. The number of rotatable bonds is 9. The molecule has 2 aliphatic heterocycles. The second-order valence-electron chi connectivity index (χ2n) is 6.28. The maximum absolute atomic E-state index is 12.4. The van der Waals surface area contributed by atoms with Gasteiger partial charge in [-0.2, -0.15) is 0 Å². The van der Waals surface area contributed by atoms with Crippen molar-refractivity contribution in [3.63, 3.8) is 0 Å². The molecule has 2 aliphatic rings. The summed E-state index contributed by atoms with van der Waals surface area (Å²) >= 11 is 10.4. The smallest absolute Gasteiger partial charge is 0.550 e. The van der Waals surface area contributed by atoms with Crippen molar-refractivity contribution in [3.8, 4) is 0 Å². The molecule has 0 radical (unpaired) electrons. The Morgan fingerprint density at radius 3 is 1.64 bits per heavy atom. The molecule has 0 aliphatic carbocycles. The second kappa shape index (κ2) is 12.0. The van der Waals surface area contributed by atoms with E-state index in [0.717, 1.165) is 9.80 Å². The van der Waals surface area contributed by atoms with Gasteiger partial charge in [0.2, 0.25) is 11.8 Å². The molecule has 142 valence electrons. The monoisotopic (exact) mass is 444 g/mol. The van der Waals surface area contributed by atoms with E-state index < -0.39 is 29.4 Å². The van der Waals surface area contributed by atoms with E-state index in [4.69, 9.17) is 24.4 Å². The van der Waals surface area contributed by atoms with Gasteiger partial charge < -0.3 is 19.8 Å². The zero-order chi connectivity index (χ0) is 19.5. The second-order valence-corrected chi connectivity index (χ2v) is 7.23. The molecule has 0 unspecified atom stereocenters. The van der Waals surface area contributed by atoms with Crippen molar-refractivity contribution in [3.05, 3.63) is 0 Å². The average molecular weight is 444 g/mol. The van der Waals surface area contributed by atoms with Gasteiger partial charge in [0.1, 0.15) is 0 Å². The maximum atomic E-state index is 12.4. The van der Waals surface area contributed by atoms with Crippen LogP contribution in [0.15, 0.2) is 0 Å². The summed E-state index contributed by atoms with van der Waals surface area (Å²) in [5, 5.41) is 22.7. The van der Waals surface area contributed by atoms with Gasteiger partial charge in [0.15, 0.2) is 5.66 Å². The normalized spacial score (nSPS) is 16.9. The number of amides is 2. The Kier molecular flexibility index (Phi) is 12.1. The van der Waals surface area contributed by atoms with E-state index in [2.05, 4.69) is 0 Å². The van der Waals surface area contributed by atoms with E-state index in [9.17, 15) is 29.4 Å². The van der Waals surface area contributed by atoms with Crippen LogP contribution in [0.4, 0.5) is 0 Å². The van der Waals surface area contributed by atoms with Crippen LogP contribution in [0, 0.1) is 0 Å². The number of likely N-dealkylation sites (tertiary alicyclic amines) is 2. The SMILES string of the molecule is O=C([O-])CCCCCC(C(=O)[O-])(N1C(=O)CCC1=S)N1C(=O)CCC1=S.[Na+].[Na+]. The van der Waals surface area contributed by atoms with Gasteiger partial charge in [-0.1, -0.05) is 30.9 Å². The molecule has 28 heavy (non-hydrogen) atoms. The number of carboxylic acids is 2. The fourth-order valence-corrected chi connectivity index (χ4v) is 4.11. The third kappa shape index (κ3) is 5.81. The molecular weight excluding hydrogens is 426 g/mol. The number of hydrogen-bond acceptors (Lipinski definition) is 8. The van der Waals surface area contributed by atoms with Crippen molar-refractivity contribution >= 4 is 58.2 Å². The van der Waals surface area contributed by atoms with Crippen LogP contribution in [0.25, 0.3) is 0 Å². The van der Waals surface area contributed by atoms with Gasteiger partial charge in [-0.05, 0) is 25.7 Å². The van der Waals surface area contributed by atoms with Gasteiger partial charge in [-0.3, -0.25) is 19.4 Å². The summed E-state index contributed by atoms with van der Waals surface area (Å²) < 4.78 is 0. The van der Waals surface area contributed by atoms with Crippen molar-refractivity contribution in [2.75, 3.05) is 0 Å². The van der Waals surface area contributed by atoms with E-state index in [1.54, 1.807) is 0 Å². The number of carbonyl (C=O) groups is 4. The maximum Gasteiger partial charge on any atom is 1.00 e. The summed E-state index contributed by atoms with van der Waals surface area (Å²) in [6.07, 6.45) is 1.21. The molecule has 2 fully saturated rings. The van der Waals surface area contributed by atoms with E-state index in [0.29, 0.717) is 12.8 Å². The zero-order valence-electron chi connectivity index (χ0n) is 16.0. The van der Waals surface area contributed by atoms with E-state index in [-0.39, 0.29) is 114 Å². The fraction of sp³-hybridized carbons (Fsp3) is 0.625. The van der Waals surface area contributed by atoms with Crippen LogP contribution in [0.3, 0.4) is 0 Å². The summed E-state index contributed by atoms with van der Waals surface area (Å²) in [4.78, 5) is 49.7. The summed E-state index contributed by atoms with van der Waals surface area (Å²) in [5.74, 6) is -3.79.